The van der Waals surface area contributed by atoms with Crippen LogP contribution in [0.3, 0.4) is 0 Å². The Morgan fingerprint density at radius 2 is 2.15 bits per heavy atom. The van der Waals surface area contributed by atoms with E-state index in [-0.39, 0.29) is 16.8 Å². The van der Waals surface area contributed by atoms with Gasteiger partial charge in [0, 0.05) is 32.1 Å². The van der Waals surface area contributed by atoms with Crippen LogP contribution in [0, 0.1) is 0 Å². The maximum absolute atomic E-state index is 12.3. The number of benzene rings is 1. The summed E-state index contributed by atoms with van der Waals surface area (Å²) in [5.74, 6) is 0.533. The van der Waals surface area contributed by atoms with Gasteiger partial charge in [-0.05, 0) is 18.6 Å². The molecule has 1 aliphatic heterocycles. The first-order valence-electron chi connectivity index (χ1n) is 6.33. The largest absolute Gasteiger partial charge is 0.497 e. The van der Waals surface area contributed by atoms with Gasteiger partial charge in [0.05, 0.1) is 12.0 Å². The van der Waals surface area contributed by atoms with Crippen LogP contribution < -0.4 is 9.46 Å². The molecule has 110 valence electrons. The number of amides is 1. The number of nitrogens with one attached hydrogen (secondary N) is 1. The van der Waals surface area contributed by atoms with E-state index in [1.165, 1.54) is 19.2 Å². The quantitative estimate of drug-likeness (QED) is 0.883. The number of ether oxygens (including phenoxy) is 1. The molecule has 0 saturated carbocycles. The lowest BCUT2D eigenvalue weighted by Crippen LogP contribution is -2.48. The van der Waals surface area contributed by atoms with Gasteiger partial charge in [-0.3, -0.25) is 4.79 Å². The number of hydrogen-bond acceptors (Lipinski definition) is 4. The topological polar surface area (TPSA) is 75.7 Å². The van der Waals surface area contributed by atoms with Gasteiger partial charge in [0.1, 0.15) is 5.75 Å². The predicted octanol–water partition coefficient (Wildman–Crippen LogP) is 0.594. The SMILES string of the molecule is COc1cccc(S(=O)(=O)NC2CCC(=O)N(C)C2)c1. The fraction of sp³-hybridized carbons (Fsp3) is 0.462. The smallest absolute Gasteiger partial charge is 0.241 e. The van der Waals surface area contributed by atoms with Gasteiger partial charge in [0.15, 0.2) is 0 Å². The summed E-state index contributed by atoms with van der Waals surface area (Å²) in [6.45, 7) is 0.391. The Morgan fingerprint density at radius 3 is 2.80 bits per heavy atom. The van der Waals surface area contributed by atoms with Crippen molar-refractivity contribution in [3.8, 4) is 5.75 Å². The van der Waals surface area contributed by atoms with Crippen LogP contribution in [0.5, 0.6) is 5.75 Å². The number of piperidine rings is 1. The number of likely N-dealkylation sites (N-methyl/N-ethyl adjacent to an activating group) is 1. The van der Waals surface area contributed by atoms with Crippen molar-refractivity contribution in [2.24, 2.45) is 0 Å². The predicted molar refractivity (Wildman–Crippen MR) is 74.0 cm³/mol. The van der Waals surface area contributed by atoms with Crippen molar-refractivity contribution in [1.82, 2.24) is 9.62 Å². The lowest BCUT2D eigenvalue weighted by molar-refractivity contribution is -0.132. The molecule has 0 bridgehead atoms. The number of nitrogens with zero attached hydrogens (tertiary/aromatic N) is 1. The molecule has 1 unspecified atom stereocenters. The molecule has 6 nitrogen and oxygen atoms in total. The van der Waals surface area contributed by atoms with E-state index in [1.807, 2.05) is 0 Å². The average Bonchev–Trinajstić information content (AvgIpc) is 2.43. The van der Waals surface area contributed by atoms with Gasteiger partial charge in [0.25, 0.3) is 0 Å². The lowest BCUT2D eigenvalue weighted by atomic mass is 10.1. The number of hydrogen-bond donors (Lipinski definition) is 1. The third-order valence-corrected chi connectivity index (χ3v) is 4.82. The van der Waals surface area contributed by atoms with Crippen molar-refractivity contribution >= 4 is 15.9 Å². The first kappa shape index (κ1) is 14.8. The molecule has 0 spiro atoms. The van der Waals surface area contributed by atoms with Crippen molar-refractivity contribution in [2.75, 3.05) is 20.7 Å². The molecule has 1 fully saturated rings. The number of likely N-dealkylation sites (tertiary alicyclic amines) is 1. The number of methoxy groups -OCH3 is 1. The van der Waals surface area contributed by atoms with E-state index in [9.17, 15) is 13.2 Å². The molecule has 2 rings (SSSR count). The van der Waals surface area contributed by atoms with Gasteiger partial charge in [-0.1, -0.05) is 6.07 Å². The van der Waals surface area contributed by atoms with Gasteiger partial charge in [-0.25, -0.2) is 13.1 Å². The van der Waals surface area contributed by atoms with Crippen LogP contribution in [0.1, 0.15) is 12.8 Å². The van der Waals surface area contributed by atoms with E-state index >= 15 is 0 Å². The molecule has 1 saturated heterocycles. The molecular formula is C13H18N2O4S. The lowest BCUT2D eigenvalue weighted by Gasteiger charge is -2.29. The molecule has 1 aliphatic rings. The van der Waals surface area contributed by atoms with E-state index in [0.717, 1.165) is 0 Å². The Kier molecular flexibility index (Phi) is 4.29. The molecule has 1 amide bonds. The first-order valence-corrected chi connectivity index (χ1v) is 7.81. The molecule has 1 aromatic rings. The van der Waals surface area contributed by atoms with Gasteiger partial charge in [0.2, 0.25) is 15.9 Å². The van der Waals surface area contributed by atoms with Crippen molar-refractivity contribution in [3.63, 3.8) is 0 Å². The molecule has 7 heteroatoms. The summed E-state index contributed by atoms with van der Waals surface area (Å²) < 4.78 is 32.2. The molecular weight excluding hydrogens is 280 g/mol. The van der Waals surface area contributed by atoms with Crippen LogP contribution in [0.2, 0.25) is 0 Å². The molecule has 1 heterocycles. The van der Waals surface area contributed by atoms with Crippen molar-refractivity contribution < 1.29 is 17.9 Å². The summed E-state index contributed by atoms with van der Waals surface area (Å²) in [6, 6.07) is 6.05. The van der Waals surface area contributed by atoms with Crippen LogP contribution in [-0.4, -0.2) is 46.0 Å². The van der Waals surface area contributed by atoms with E-state index in [4.69, 9.17) is 4.74 Å². The Bertz CT molecular complexity index is 600. The minimum absolute atomic E-state index is 0.0434. The summed E-state index contributed by atoms with van der Waals surface area (Å²) in [4.78, 5) is 13.1. The fourth-order valence-electron chi connectivity index (χ4n) is 2.16. The monoisotopic (exact) mass is 298 g/mol. The molecule has 1 aromatic carbocycles. The molecule has 1 N–H and O–H groups in total. The Hall–Kier alpha value is -1.60. The Balaban J connectivity index is 2.13. The van der Waals surface area contributed by atoms with Gasteiger partial charge in [-0.15, -0.1) is 0 Å². The summed E-state index contributed by atoms with van der Waals surface area (Å²) in [5.41, 5.74) is 0. The Labute approximate surface area is 118 Å². The van der Waals surface area contributed by atoms with Gasteiger partial charge in [-0.2, -0.15) is 0 Å². The van der Waals surface area contributed by atoms with E-state index in [2.05, 4.69) is 4.72 Å². The zero-order valence-electron chi connectivity index (χ0n) is 11.5. The minimum Gasteiger partial charge on any atom is -0.497 e. The van der Waals surface area contributed by atoms with Crippen molar-refractivity contribution in [3.05, 3.63) is 24.3 Å². The van der Waals surface area contributed by atoms with E-state index in [0.29, 0.717) is 25.1 Å². The number of rotatable bonds is 4. The third-order valence-electron chi connectivity index (χ3n) is 3.30. The highest BCUT2D eigenvalue weighted by Gasteiger charge is 2.27. The molecule has 1 atom stereocenters. The van der Waals surface area contributed by atoms with Crippen LogP contribution in [0.25, 0.3) is 0 Å². The molecule has 20 heavy (non-hydrogen) atoms. The highest BCUT2D eigenvalue weighted by molar-refractivity contribution is 7.89. The van der Waals surface area contributed by atoms with Crippen LogP contribution >= 0.6 is 0 Å². The number of carbonyl (C=O) groups is 1. The van der Waals surface area contributed by atoms with Gasteiger partial charge < -0.3 is 9.64 Å². The Morgan fingerprint density at radius 1 is 1.40 bits per heavy atom. The van der Waals surface area contributed by atoms with Crippen LogP contribution in [0.4, 0.5) is 0 Å². The number of sulfonamides is 1. The molecule has 0 aliphatic carbocycles. The summed E-state index contributed by atoms with van der Waals surface area (Å²) in [7, 11) is -0.439. The summed E-state index contributed by atoms with van der Waals surface area (Å²) in [5, 5.41) is 0. The number of carbonyl (C=O) groups excluding carboxylic acids is 1. The fourth-order valence-corrected chi connectivity index (χ4v) is 3.46. The van der Waals surface area contributed by atoms with E-state index < -0.39 is 10.0 Å². The first-order chi connectivity index (χ1) is 9.42. The van der Waals surface area contributed by atoms with Crippen LogP contribution in [0.15, 0.2) is 29.2 Å². The highest BCUT2D eigenvalue weighted by atomic mass is 32.2. The van der Waals surface area contributed by atoms with Crippen molar-refractivity contribution in [1.29, 1.82) is 0 Å². The van der Waals surface area contributed by atoms with E-state index in [1.54, 1.807) is 24.1 Å². The maximum atomic E-state index is 12.3. The maximum Gasteiger partial charge on any atom is 0.241 e. The zero-order valence-corrected chi connectivity index (χ0v) is 12.3. The zero-order chi connectivity index (χ0) is 14.8. The summed E-state index contributed by atoms with van der Waals surface area (Å²) >= 11 is 0. The van der Waals surface area contributed by atoms with Gasteiger partial charge >= 0.3 is 0 Å². The molecule has 0 aromatic heterocycles. The second kappa shape index (κ2) is 5.80. The van der Waals surface area contributed by atoms with Crippen LogP contribution in [-0.2, 0) is 14.8 Å². The third kappa shape index (κ3) is 3.29. The summed E-state index contributed by atoms with van der Waals surface area (Å²) in [6.07, 6.45) is 0.883. The average molecular weight is 298 g/mol. The second-order valence-electron chi connectivity index (χ2n) is 4.81. The highest BCUT2D eigenvalue weighted by Crippen LogP contribution is 2.18. The standard InChI is InChI=1S/C13H18N2O4S/c1-15-9-10(6-7-13(15)16)14-20(17,18)12-5-3-4-11(8-12)19-2/h3-5,8,10,14H,6-7,9H2,1-2H3. The minimum atomic E-state index is -3.60. The second-order valence-corrected chi connectivity index (χ2v) is 6.52. The van der Waals surface area contributed by atoms with Crippen molar-refractivity contribution in [2.45, 2.75) is 23.8 Å². The molecule has 0 radical (unpaired) electrons. The normalized spacial score (nSPS) is 20.0.